The van der Waals surface area contributed by atoms with E-state index in [9.17, 15) is 9.59 Å². The summed E-state index contributed by atoms with van der Waals surface area (Å²) in [5.41, 5.74) is 1.46. The van der Waals surface area contributed by atoms with E-state index in [1.54, 1.807) is 5.38 Å². The topological polar surface area (TPSA) is 67.4 Å². The number of thiophene rings is 1. The molecule has 0 spiro atoms. The normalized spacial score (nSPS) is 19.6. The molecule has 0 unspecified atom stereocenters. The average molecular weight is 282 g/mol. The maximum atomic E-state index is 11.8. The summed E-state index contributed by atoms with van der Waals surface area (Å²) < 4.78 is 4.73. The standard InChI is InChI=1S/C13H18N2O3S/c1-18-13(17)10-8-19-7-9(10)6-15-11-4-2-3-5-14-12(11)16/h7-8,11,15H,2-6H2,1H3,(H,14,16)/t11-/m0/s1. The van der Waals surface area contributed by atoms with Crippen LogP contribution in [-0.2, 0) is 16.1 Å². The molecule has 2 heterocycles. The molecule has 0 aromatic carbocycles. The first-order chi connectivity index (χ1) is 9.22. The van der Waals surface area contributed by atoms with Crippen molar-refractivity contribution in [3.63, 3.8) is 0 Å². The molecule has 5 nitrogen and oxygen atoms in total. The van der Waals surface area contributed by atoms with Gasteiger partial charge in [-0.25, -0.2) is 4.79 Å². The Morgan fingerprint density at radius 1 is 1.53 bits per heavy atom. The number of carbonyl (C=O) groups excluding carboxylic acids is 2. The molecule has 1 saturated heterocycles. The lowest BCUT2D eigenvalue weighted by atomic mass is 10.1. The first kappa shape index (κ1) is 14.0. The van der Waals surface area contributed by atoms with E-state index in [0.29, 0.717) is 12.1 Å². The zero-order chi connectivity index (χ0) is 13.7. The number of nitrogens with one attached hydrogen (secondary N) is 2. The van der Waals surface area contributed by atoms with E-state index < -0.39 is 0 Å². The zero-order valence-electron chi connectivity index (χ0n) is 10.9. The molecule has 0 aliphatic carbocycles. The molecule has 1 aromatic heterocycles. The number of amides is 1. The molecule has 1 aliphatic rings. The van der Waals surface area contributed by atoms with Crippen molar-refractivity contribution in [2.75, 3.05) is 13.7 Å². The highest BCUT2D eigenvalue weighted by Crippen LogP contribution is 2.16. The first-order valence-electron chi connectivity index (χ1n) is 6.37. The summed E-state index contributed by atoms with van der Waals surface area (Å²) >= 11 is 1.46. The van der Waals surface area contributed by atoms with Crippen molar-refractivity contribution in [1.82, 2.24) is 10.6 Å². The number of ether oxygens (including phenoxy) is 1. The monoisotopic (exact) mass is 282 g/mol. The molecule has 104 valence electrons. The van der Waals surface area contributed by atoms with Crippen LogP contribution in [0.5, 0.6) is 0 Å². The van der Waals surface area contributed by atoms with E-state index in [2.05, 4.69) is 10.6 Å². The van der Waals surface area contributed by atoms with Crippen LogP contribution in [0.1, 0.15) is 35.2 Å². The minimum Gasteiger partial charge on any atom is -0.465 e. The molecule has 1 amide bonds. The zero-order valence-corrected chi connectivity index (χ0v) is 11.7. The van der Waals surface area contributed by atoms with E-state index in [4.69, 9.17) is 4.74 Å². The largest absolute Gasteiger partial charge is 0.465 e. The molecule has 0 saturated carbocycles. The van der Waals surface area contributed by atoms with Gasteiger partial charge in [-0.05, 0) is 30.2 Å². The molecular formula is C13H18N2O3S. The second-order valence-corrected chi connectivity index (χ2v) is 5.27. The highest BCUT2D eigenvalue weighted by atomic mass is 32.1. The number of methoxy groups -OCH3 is 1. The Hall–Kier alpha value is -1.40. The summed E-state index contributed by atoms with van der Waals surface area (Å²) in [4.78, 5) is 23.3. The van der Waals surface area contributed by atoms with Crippen molar-refractivity contribution >= 4 is 23.2 Å². The number of rotatable bonds is 4. The Labute approximate surface area is 116 Å². The minimum atomic E-state index is -0.330. The molecule has 2 rings (SSSR count). The van der Waals surface area contributed by atoms with Gasteiger partial charge in [0.1, 0.15) is 0 Å². The van der Waals surface area contributed by atoms with Gasteiger partial charge < -0.3 is 15.4 Å². The molecule has 1 aliphatic heterocycles. The summed E-state index contributed by atoms with van der Waals surface area (Å²) in [7, 11) is 1.37. The number of hydrogen-bond donors (Lipinski definition) is 2. The molecule has 1 fully saturated rings. The highest BCUT2D eigenvalue weighted by molar-refractivity contribution is 7.08. The van der Waals surface area contributed by atoms with Gasteiger partial charge >= 0.3 is 5.97 Å². The lowest BCUT2D eigenvalue weighted by molar-refractivity contribution is -0.122. The fourth-order valence-electron chi connectivity index (χ4n) is 2.12. The van der Waals surface area contributed by atoms with Crippen LogP contribution in [0.15, 0.2) is 10.8 Å². The van der Waals surface area contributed by atoms with E-state index in [-0.39, 0.29) is 17.9 Å². The van der Waals surface area contributed by atoms with Crippen molar-refractivity contribution in [3.05, 3.63) is 21.9 Å². The Morgan fingerprint density at radius 2 is 2.37 bits per heavy atom. The van der Waals surface area contributed by atoms with Crippen molar-refractivity contribution in [3.8, 4) is 0 Å². The van der Waals surface area contributed by atoms with Gasteiger partial charge in [-0.3, -0.25) is 4.79 Å². The maximum absolute atomic E-state index is 11.8. The van der Waals surface area contributed by atoms with Crippen molar-refractivity contribution in [1.29, 1.82) is 0 Å². The summed E-state index contributed by atoms with van der Waals surface area (Å²) in [6.45, 7) is 1.26. The van der Waals surface area contributed by atoms with Crippen LogP contribution in [0.25, 0.3) is 0 Å². The van der Waals surface area contributed by atoms with Gasteiger partial charge in [0.05, 0.1) is 18.7 Å². The summed E-state index contributed by atoms with van der Waals surface area (Å²) in [5, 5.41) is 9.79. The third-order valence-electron chi connectivity index (χ3n) is 3.22. The fourth-order valence-corrected chi connectivity index (χ4v) is 2.94. The van der Waals surface area contributed by atoms with Gasteiger partial charge in [0.25, 0.3) is 0 Å². The van der Waals surface area contributed by atoms with Gasteiger partial charge in [0.2, 0.25) is 5.91 Å². The number of esters is 1. The second-order valence-electron chi connectivity index (χ2n) is 4.52. The van der Waals surface area contributed by atoms with E-state index in [1.165, 1.54) is 18.4 Å². The molecule has 0 bridgehead atoms. The van der Waals surface area contributed by atoms with Gasteiger partial charge in [0.15, 0.2) is 0 Å². The van der Waals surface area contributed by atoms with Gasteiger partial charge in [-0.1, -0.05) is 0 Å². The van der Waals surface area contributed by atoms with Gasteiger partial charge in [-0.15, -0.1) is 0 Å². The predicted octanol–water partition coefficient (Wildman–Crippen LogP) is 1.29. The molecule has 2 N–H and O–H groups in total. The lowest BCUT2D eigenvalue weighted by Gasteiger charge is -2.15. The molecule has 1 aromatic rings. The van der Waals surface area contributed by atoms with Crippen molar-refractivity contribution in [2.24, 2.45) is 0 Å². The molecule has 0 radical (unpaired) electrons. The predicted molar refractivity (Wildman–Crippen MR) is 73.1 cm³/mol. The third-order valence-corrected chi connectivity index (χ3v) is 4.01. The van der Waals surface area contributed by atoms with Crippen molar-refractivity contribution in [2.45, 2.75) is 31.8 Å². The van der Waals surface area contributed by atoms with E-state index in [1.807, 2.05) is 5.38 Å². The maximum Gasteiger partial charge on any atom is 0.339 e. The van der Waals surface area contributed by atoms with Gasteiger partial charge in [-0.2, -0.15) is 11.3 Å². The fraction of sp³-hybridized carbons (Fsp3) is 0.538. The third kappa shape index (κ3) is 3.54. The van der Waals surface area contributed by atoms with Crippen molar-refractivity contribution < 1.29 is 14.3 Å². The van der Waals surface area contributed by atoms with Crippen LogP contribution >= 0.6 is 11.3 Å². The Bertz CT molecular complexity index is 458. The van der Waals surface area contributed by atoms with Gasteiger partial charge in [0, 0.05) is 18.5 Å². The van der Waals surface area contributed by atoms with E-state index in [0.717, 1.165) is 31.4 Å². The van der Waals surface area contributed by atoms with Crippen LogP contribution in [0.3, 0.4) is 0 Å². The first-order valence-corrected chi connectivity index (χ1v) is 7.31. The average Bonchev–Trinajstić information content (AvgIpc) is 2.79. The Balaban J connectivity index is 1.96. The summed E-state index contributed by atoms with van der Waals surface area (Å²) in [6, 6.07) is -0.173. The van der Waals surface area contributed by atoms with Crippen LogP contribution in [0.2, 0.25) is 0 Å². The highest BCUT2D eigenvalue weighted by Gasteiger charge is 2.21. The SMILES string of the molecule is COC(=O)c1cscc1CN[C@H]1CCCCNC1=O. The molecule has 19 heavy (non-hydrogen) atoms. The lowest BCUT2D eigenvalue weighted by Crippen LogP contribution is -2.42. The van der Waals surface area contributed by atoms with Crippen LogP contribution in [0.4, 0.5) is 0 Å². The van der Waals surface area contributed by atoms with Crippen LogP contribution < -0.4 is 10.6 Å². The molecule has 1 atom stereocenters. The van der Waals surface area contributed by atoms with Crippen LogP contribution in [0, 0.1) is 0 Å². The smallest absolute Gasteiger partial charge is 0.339 e. The number of hydrogen-bond acceptors (Lipinski definition) is 5. The molecule has 6 heteroatoms. The summed E-state index contributed by atoms with van der Waals surface area (Å²) in [5.74, 6) is -0.282. The minimum absolute atomic E-state index is 0.0485. The van der Waals surface area contributed by atoms with Crippen LogP contribution in [-0.4, -0.2) is 31.6 Å². The number of carbonyl (C=O) groups is 2. The molecular weight excluding hydrogens is 264 g/mol. The Morgan fingerprint density at radius 3 is 3.16 bits per heavy atom. The summed E-state index contributed by atoms with van der Waals surface area (Å²) in [6.07, 6.45) is 2.89. The van der Waals surface area contributed by atoms with E-state index >= 15 is 0 Å². The second kappa shape index (κ2) is 6.68. The quantitative estimate of drug-likeness (QED) is 0.817. The Kier molecular flexibility index (Phi) is 4.93.